The molecule has 3 aromatic rings. The number of hydrogen-bond acceptors (Lipinski definition) is 5. The van der Waals surface area contributed by atoms with Gasteiger partial charge in [0.15, 0.2) is 6.10 Å². The van der Waals surface area contributed by atoms with Crippen LogP contribution in [0.2, 0.25) is 0 Å². The van der Waals surface area contributed by atoms with Crippen molar-refractivity contribution < 1.29 is 19.1 Å². The van der Waals surface area contributed by atoms with E-state index in [2.05, 4.69) is 10.4 Å². The van der Waals surface area contributed by atoms with E-state index in [0.717, 1.165) is 16.9 Å². The number of hydrogen-bond donors (Lipinski definition) is 1. The highest BCUT2D eigenvalue weighted by atomic mass is 16.5. The summed E-state index contributed by atoms with van der Waals surface area (Å²) in [5, 5.41) is 6.98. The van der Waals surface area contributed by atoms with Crippen molar-refractivity contribution in [3.63, 3.8) is 0 Å². The molecule has 0 aliphatic carbocycles. The maximum absolute atomic E-state index is 12.4. The van der Waals surface area contributed by atoms with Crippen LogP contribution in [0.3, 0.4) is 0 Å². The fourth-order valence-corrected chi connectivity index (χ4v) is 2.84. The average molecular weight is 393 g/mol. The molecule has 0 spiro atoms. The lowest BCUT2D eigenvalue weighted by Crippen LogP contribution is -2.35. The summed E-state index contributed by atoms with van der Waals surface area (Å²) in [6.45, 7) is 3.76. The van der Waals surface area contributed by atoms with Gasteiger partial charge < -0.3 is 14.8 Å². The van der Waals surface area contributed by atoms with Crippen molar-refractivity contribution in [3.05, 3.63) is 77.6 Å². The molecule has 0 radical (unpaired) electrons. The summed E-state index contributed by atoms with van der Waals surface area (Å²) in [4.78, 5) is 24.6. The van der Waals surface area contributed by atoms with E-state index < -0.39 is 12.1 Å². The second-order valence-electron chi connectivity index (χ2n) is 6.51. The van der Waals surface area contributed by atoms with Crippen LogP contribution in [0.25, 0.3) is 5.69 Å². The van der Waals surface area contributed by atoms with E-state index in [1.54, 1.807) is 42.3 Å². The Balaban J connectivity index is 1.57. The number of benzene rings is 2. The van der Waals surface area contributed by atoms with Crippen molar-refractivity contribution in [2.45, 2.75) is 26.5 Å². The zero-order valence-electron chi connectivity index (χ0n) is 16.6. The standard InChI is InChI=1S/C22H23N3O4/c1-15-12-13-24-25(15)19-10-8-17(9-11-19)22(27)29-16(2)21(26)23-14-18-6-4-5-7-20(18)28-3/h4-13,16H,14H2,1-3H3,(H,23,26)/t16-/m1/s1. The van der Waals surface area contributed by atoms with Crippen LogP contribution in [-0.4, -0.2) is 34.9 Å². The highest BCUT2D eigenvalue weighted by molar-refractivity contribution is 5.92. The quantitative estimate of drug-likeness (QED) is 0.624. The minimum absolute atomic E-state index is 0.280. The van der Waals surface area contributed by atoms with Crippen molar-refractivity contribution in [1.82, 2.24) is 15.1 Å². The van der Waals surface area contributed by atoms with Crippen molar-refractivity contribution in [2.75, 3.05) is 7.11 Å². The summed E-state index contributed by atoms with van der Waals surface area (Å²) in [5.74, 6) is -0.258. The molecular weight excluding hydrogens is 370 g/mol. The third-order valence-corrected chi connectivity index (χ3v) is 4.48. The zero-order chi connectivity index (χ0) is 20.8. The summed E-state index contributed by atoms with van der Waals surface area (Å²) in [6, 6.07) is 16.2. The molecule has 0 aliphatic rings. The number of aromatic nitrogens is 2. The minimum Gasteiger partial charge on any atom is -0.496 e. The Hall–Kier alpha value is -3.61. The van der Waals surface area contributed by atoms with Gasteiger partial charge in [-0.25, -0.2) is 9.48 Å². The molecular formula is C22H23N3O4. The van der Waals surface area contributed by atoms with Crippen LogP contribution in [0.15, 0.2) is 60.8 Å². The van der Waals surface area contributed by atoms with Gasteiger partial charge in [-0.15, -0.1) is 0 Å². The minimum atomic E-state index is -0.926. The van der Waals surface area contributed by atoms with Gasteiger partial charge in [0.1, 0.15) is 5.75 Å². The molecule has 1 N–H and O–H groups in total. The first-order valence-electron chi connectivity index (χ1n) is 9.21. The Kier molecular flexibility index (Phi) is 6.29. The van der Waals surface area contributed by atoms with E-state index >= 15 is 0 Å². The number of nitrogens with one attached hydrogen (secondary N) is 1. The predicted octanol–water partition coefficient (Wildman–Crippen LogP) is 3.05. The molecule has 1 heterocycles. The Bertz CT molecular complexity index is 995. The maximum Gasteiger partial charge on any atom is 0.338 e. The number of ether oxygens (including phenoxy) is 2. The van der Waals surface area contributed by atoms with Gasteiger partial charge in [-0.1, -0.05) is 18.2 Å². The lowest BCUT2D eigenvalue weighted by atomic mass is 10.2. The van der Waals surface area contributed by atoms with Crippen LogP contribution in [-0.2, 0) is 16.1 Å². The Morgan fingerprint density at radius 1 is 1.10 bits per heavy atom. The van der Waals surface area contributed by atoms with E-state index in [9.17, 15) is 9.59 Å². The molecule has 1 aromatic heterocycles. The second-order valence-corrected chi connectivity index (χ2v) is 6.51. The summed E-state index contributed by atoms with van der Waals surface area (Å²) < 4.78 is 12.3. The summed E-state index contributed by atoms with van der Waals surface area (Å²) in [7, 11) is 1.57. The highest BCUT2D eigenvalue weighted by Gasteiger charge is 2.19. The van der Waals surface area contributed by atoms with Gasteiger partial charge in [0, 0.05) is 24.0 Å². The summed E-state index contributed by atoms with van der Waals surface area (Å²) >= 11 is 0. The maximum atomic E-state index is 12.4. The number of para-hydroxylation sites is 1. The van der Waals surface area contributed by atoms with Crippen LogP contribution in [0.5, 0.6) is 5.75 Å². The molecule has 0 saturated carbocycles. The SMILES string of the molecule is COc1ccccc1CNC(=O)[C@@H](C)OC(=O)c1ccc(-n2nccc2C)cc1. The number of rotatable bonds is 7. The molecule has 2 aromatic carbocycles. The molecule has 1 amide bonds. The van der Waals surface area contributed by atoms with Crippen molar-refractivity contribution in [1.29, 1.82) is 0 Å². The van der Waals surface area contributed by atoms with Gasteiger partial charge in [-0.05, 0) is 50.2 Å². The van der Waals surface area contributed by atoms with E-state index in [-0.39, 0.29) is 12.5 Å². The van der Waals surface area contributed by atoms with Crippen molar-refractivity contribution in [2.24, 2.45) is 0 Å². The van der Waals surface area contributed by atoms with Crippen LogP contribution in [0, 0.1) is 6.92 Å². The first-order chi connectivity index (χ1) is 14.0. The lowest BCUT2D eigenvalue weighted by Gasteiger charge is -2.15. The van der Waals surface area contributed by atoms with Crippen molar-refractivity contribution >= 4 is 11.9 Å². The van der Waals surface area contributed by atoms with E-state index in [4.69, 9.17) is 9.47 Å². The molecule has 29 heavy (non-hydrogen) atoms. The van der Waals surface area contributed by atoms with E-state index in [1.165, 1.54) is 6.92 Å². The average Bonchev–Trinajstić information content (AvgIpc) is 3.18. The number of nitrogens with zero attached hydrogens (tertiary/aromatic N) is 2. The number of methoxy groups -OCH3 is 1. The van der Waals surface area contributed by atoms with E-state index in [1.807, 2.05) is 37.3 Å². The fourth-order valence-electron chi connectivity index (χ4n) is 2.84. The van der Waals surface area contributed by atoms with Gasteiger partial charge in [0.2, 0.25) is 0 Å². The number of amides is 1. The third-order valence-electron chi connectivity index (χ3n) is 4.48. The Morgan fingerprint density at radius 2 is 1.83 bits per heavy atom. The third kappa shape index (κ3) is 4.82. The zero-order valence-corrected chi connectivity index (χ0v) is 16.6. The molecule has 1 atom stereocenters. The van der Waals surface area contributed by atoms with Crippen molar-refractivity contribution in [3.8, 4) is 11.4 Å². The predicted molar refractivity (Wildman–Crippen MR) is 108 cm³/mol. The molecule has 0 unspecified atom stereocenters. The largest absolute Gasteiger partial charge is 0.496 e. The first-order valence-corrected chi connectivity index (χ1v) is 9.21. The number of aryl methyl sites for hydroxylation is 1. The smallest absolute Gasteiger partial charge is 0.338 e. The molecule has 150 valence electrons. The number of carbonyl (C=O) groups is 2. The molecule has 0 saturated heterocycles. The van der Waals surface area contributed by atoms with Gasteiger partial charge in [0.25, 0.3) is 5.91 Å². The summed E-state index contributed by atoms with van der Waals surface area (Å²) in [6.07, 6.45) is 0.785. The molecule has 7 heteroatoms. The monoisotopic (exact) mass is 393 g/mol. The van der Waals surface area contributed by atoms with Crippen LogP contribution in [0.1, 0.15) is 28.5 Å². The van der Waals surface area contributed by atoms with E-state index in [0.29, 0.717) is 11.3 Å². The second kappa shape index (κ2) is 9.05. The highest BCUT2D eigenvalue weighted by Crippen LogP contribution is 2.17. The molecule has 7 nitrogen and oxygen atoms in total. The lowest BCUT2D eigenvalue weighted by molar-refractivity contribution is -0.129. The first kappa shape index (κ1) is 20.1. The summed E-state index contributed by atoms with van der Waals surface area (Å²) in [5.41, 5.74) is 3.03. The molecule has 3 rings (SSSR count). The number of carbonyl (C=O) groups excluding carboxylic acids is 2. The molecule has 0 aliphatic heterocycles. The number of esters is 1. The molecule has 0 bridgehead atoms. The van der Waals surface area contributed by atoms with Gasteiger partial charge in [0.05, 0.1) is 18.4 Å². The van der Waals surface area contributed by atoms with Crippen LogP contribution in [0.4, 0.5) is 0 Å². The van der Waals surface area contributed by atoms with Crippen LogP contribution >= 0.6 is 0 Å². The Morgan fingerprint density at radius 3 is 2.48 bits per heavy atom. The normalized spacial score (nSPS) is 11.6. The fraction of sp³-hybridized carbons (Fsp3) is 0.227. The Labute approximate surface area is 169 Å². The van der Waals surface area contributed by atoms with Gasteiger partial charge in [-0.2, -0.15) is 5.10 Å². The van der Waals surface area contributed by atoms with Gasteiger partial charge in [-0.3, -0.25) is 4.79 Å². The van der Waals surface area contributed by atoms with Crippen LogP contribution < -0.4 is 10.1 Å². The topological polar surface area (TPSA) is 82.5 Å². The molecule has 0 fully saturated rings. The van der Waals surface area contributed by atoms with Gasteiger partial charge >= 0.3 is 5.97 Å².